The fraction of sp³-hybridized carbons (Fsp3) is 0.714. The molecule has 0 fully saturated rings. The van der Waals surface area contributed by atoms with Gasteiger partial charge in [-0.1, -0.05) is 0 Å². The number of carbonyl (C=O) groups is 2. The van der Waals surface area contributed by atoms with Gasteiger partial charge in [0.05, 0.1) is 4.92 Å². The Morgan fingerprint density at radius 1 is 0.644 bits per heavy atom. The van der Waals surface area contributed by atoms with Crippen LogP contribution >= 0.6 is 0 Å². The molecular weight excluding hydrogens is 626 g/mol. The molecule has 17 heteroatoms. The number of rotatable bonds is 25. The van der Waals surface area contributed by atoms with Gasteiger partial charge in [0.25, 0.3) is 5.69 Å². The summed E-state index contributed by atoms with van der Waals surface area (Å²) in [5.74, 6) is 0. The van der Waals surface area contributed by atoms with Crippen molar-refractivity contribution in [2.45, 2.75) is 79.7 Å². The van der Waals surface area contributed by atoms with Crippen molar-refractivity contribution >= 4 is 35.5 Å². The van der Waals surface area contributed by atoms with Gasteiger partial charge >= 0.3 is 29.8 Å². The standard InChI is InChI=1S/C28H51N3O12Si2/c1-7-38-44(39-8-2,40-9-3)17-13-15-29-27(32)36-22-24-19-25(21-26(20-24)31(34)35)23-37-28(33)30-16-14-18-45(41-10-4,42-11-5)43-12-6/h19-21H,7-18,22-23H2,1-6H3,(H,29,32)(H,30,33). The van der Waals surface area contributed by atoms with Gasteiger partial charge in [0.2, 0.25) is 0 Å². The molecule has 0 unspecified atom stereocenters. The maximum absolute atomic E-state index is 12.3. The monoisotopic (exact) mass is 677 g/mol. The first kappa shape index (κ1) is 40.4. The van der Waals surface area contributed by atoms with Crippen molar-refractivity contribution in [3.63, 3.8) is 0 Å². The van der Waals surface area contributed by atoms with Crippen LogP contribution in [-0.2, 0) is 49.2 Å². The van der Waals surface area contributed by atoms with Gasteiger partial charge in [-0.25, -0.2) is 9.59 Å². The molecule has 0 saturated heterocycles. The first-order valence-corrected chi connectivity index (χ1v) is 19.4. The Bertz CT molecular complexity index is 919. The van der Waals surface area contributed by atoms with E-state index in [1.165, 1.54) is 12.1 Å². The lowest BCUT2D eigenvalue weighted by molar-refractivity contribution is -0.385. The molecular formula is C28H51N3O12Si2. The first-order valence-electron chi connectivity index (χ1n) is 15.5. The molecule has 2 amide bonds. The third-order valence-corrected chi connectivity index (χ3v) is 12.3. The second-order valence-electron chi connectivity index (χ2n) is 9.44. The van der Waals surface area contributed by atoms with Crippen LogP contribution < -0.4 is 10.6 Å². The number of hydrogen-bond acceptors (Lipinski definition) is 12. The summed E-state index contributed by atoms with van der Waals surface area (Å²) < 4.78 is 45.4. The van der Waals surface area contributed by atoms with Gasteiger partial charge in [0, 0.05) is 77.0 Å². The zero-order chi connectivity index (χ0) is 33.6. The highest BCUT2D eigenvalue weighted by molar-refractivity contribution is 6.61. The SMILES string of the molecule is CCO[Si](CCCNC(=O)OCc1cc(COC(=O)NCCC[Si](OCC)(OCC)OCC)cc([N+](=O)[O-])c1)(OCC)OCC. The van der Waals surface area contributed by atoms with E-state index in [1.54, 1.807) is 6.07 Å². The van der Waals surface area contributed by atoms with E-state index in [4.69, 9.17) is 36.0 Å². The summed E-state index contributed by atoms with van der Waals surface area (Å²) in [6.07, 6.45) is -0.257. The average molecular weight is 678 g/mol. The lowest BCUT2D eigenvalue weighted by Crippen LogP contribution is -2.46. The number of nitro groups is 1. The molecule has 0 spiro atoms. The average Bonchev–Trinajstić information content (AvgIpc) is 3.00. The zero-order valence-corrected chi connectivity index (χ0v) is 29.5. The largest absolute Gasteiger partial charge is 0.500 e. The molecule has 0 aliphatic rings. The van der Waals surface area contributed by atoms with Crippen LogP contribution in [0, 0.1) is 10.1 Å². The molecule has 0 radical (unpaired) electrons. The molecule has 258 valence electrons. The second kappa shape index (κ2) is 22.8. The van der Waals surface area contributed by atoms with E-state index in [2.05, 4.69) is 10.6 Å². The van der Waals surface area contributed by atoms with Crippen molar-refractivity contribution in [2.75, 3.05) is 52.7 Å². The number of non-ortho nitro benzene ring substituents is 1. The van der Waals surface area contributed by atoms with Crippen LogP contribution in [0.5, 0.6) is 0 Å². The molecule has 1 rings (SSSR count). The lowest BCUT2D eigenvalue weighted by atomic mass is 10.1. The number of nitro benzene ring substituents is 1. The zero-order valence-electron chi connectivity index (χ0n) is 27.5. The smallest absolute Gasteiger partial charge is 0.445 e. The Morgan fingerprint density at radius 3 is 1.27 bits per heavy atom. The van der Waals surface area contributed by atoms with Gasteiger partial charge in [0.15, 0.2) is 0 Å². The first-order chi connectivity index (χ1) is 21.6. The van der Waals surface area contributed by atoms with Crippen LogP contribution in [0.25, 0.3) is 0 Å². The van der Waals surface area contributed by atoms with E-state index in [1.807, 2.05) is 41.5 Å². The highest BCUT2D eigenvalue weighted by Crippen LogP contribution is 2.21. The van der Waals surface area contributed by atoms with Crippen molar-refractivity contribution in [1.29, 1.82) is 0 Å². The minimum absolute atomic E-state index is 0.215. The van der Waals surface area contributed by atoms with Gasteiger partial charge in [-0.05, 0) is 71.6 Å². The molecule has 0 bridgehead atoms. The van der Waals surface area contributed by atoms with Crippen LogP contribution in [0.2, 0.25) is 12.1 Å². The Hall–Kier alpha value is -2.65. The Kier molecular flexibility index (Phi) is 20.5. The van der Waals surface area contributed by atoms with E-state index < -0.39 is 34.7 Å². The molecule has 0 aromatic heterocycles. The van der Waals surface area contributed by atoms with E-state index in [0.717, 1.165) is 0 Å². The molecule has 1 aromatic carbocycles. The van der Waals surface area contributed by atoms with Crippen LogP contribution in [0.3, 0.4) is 0 Å². The summed E-state index contributed by atoms with van der Waals surface area (Å²) in [7, 11) is -5.63. The molecule has 45 heavy (non-hydrogen) atoms. The maximum Gasteiger partial charge on any atom is 0.500 e. The molecule has 0 aliphatic carbocycles. The predicted octanol–water partition coefficient (Wildman–Crippen LogP) is 4.92. The minimum Gasteiger partial charge on any atom is -0.445 e. The van der Waals surface area contributed by atoms with E-state index in [0.29, 0.717) is 88.8 Å². The van der Waals surface area contributed by atoms with Crippen LogP contribution in [0.15, 0.2) is 18.2 Å². The van der Waals surface area contributed by atoms with Crippen LogP contribution in [0.1, 0.15) is 65.5 Å². The molecule has 0 atom stereocenters. The topological polar surface area (TPSA) is 175 Å². The highest BCUT2D eigenvalue weighted by Gasteiger charge is 2.40. The molecule has 0 heterocycles. The van der Waals surface area contributed by atoms with E-state index in [-0.39, 0.29) is 18.9 Å². The quantitative estimate of drug-likeness (QED) is 0.0619. The fourth-order valence-electron chi connectivity index (χ4n) is 4.41. The van der Waals surface area contributed by atoms with Crippen molar-refractivity contribution in [1.82, 2.24) is 10.6 Å². The second-order valence-corrected chi connectivity index (χ2v) is 14.9. The third-order valence-electron chi connectivity index (χ3n) is 6.03. The van der Waals surface area contributed by atoms with Crippen molar-refractivity contribution in [3.8, 4) is 0 Å². The molecule has 2 N–H and O–H groups in total. The summed E-state index contributed by atoms with van der Waals surface area (Å²) in [4.78, 5) is 35.5. The number of nitrogens with one attached hydrogen (secondary N) is 2. The van der Waals surface area contributed by atoms with Crippen LogP contribution in [-0.4, -0.2) is 87.4 Å². The summed E-state index contributed by atoms with van der Waals surface area (Å²) >= 11 is 0. The van der Waals surface area contributed by atoms with Gasteiger partial charge in [0.1, 0.15) is 13.2 Å². The summed E-state index contributed by atoms with van der Waals surface area (Å²) in [6.45, 7) is 14.2. The normalized spacial score (nSPS) is 11.7. The van der Waals surface area contributed by atoms with Gasteiger partial charge in [-0.3, -0.25) is 10.1 Å². The summed E-state index contributed by atoms with van der Waals surface area (Å²) in [5, 5.41) is 16.8. The van der Waals surface area contributed by atoms with Crippen LogP contribution in [0.4, 0.5) is 15.3 Å². The van der Waals surface area contributed by atoms with E-state index in [9.17, 15) is 19.7 Å². The van der Waals surface area contributed by atoms with Gasteiger partial charge in [-0.2, -0.15) is 0 Å². The third kappa shape index (κ3) is 16.0. The van der Waals surface area contributed by atoms with Gasteiger partial charge < -0.3 is 46.7 Å². The number of ether oxygens (including phenoxy) is 2. The number of hydrogen-bond donors (Lipinski definition) is 2. The number of carbonyl (C=O) groups excluding carboxylic acids is 2. The molecule has 1 aromatic rings. The number of benzene rings is 1. The van der Waals surface area contributed by atoms with E-state index >= 15 is 0 Å². The maximum atomic E-state index is 12.3. The molecule has 0 aliphatic heterocycles. The predicted molar refractivity (Wildman–Crippen MR) is 170 cm³/mol. The minimum atomic E-state index is -2.82. The van der Waals surface area contributed by atoms with Crippen molar-refractivity contribution in [3.05, 3.63) is 39.4 Å². The summed E-state index contributed by atoms with van der Waals surface area (Å²) in [5.41, 5.74) is 0.527. The number of amides is 2. The Morgan fingerprint density at radius 2 is 0.978 bits per heavy atom. The fourth-order valence-corrected chi connectivity index (χ4v) is 9.63. The van der Waals surface area contributed by atoms with Crippen molar-refractivity contribution < 1.29 is 50.5 Å². The number of alkyl carbamates (subject to hydrolysis) is 2. The summed E-state index contributed by atoms with van der Waals surface area (Å²) in [6, 6.07) is 5.23. The Labute approximate surface area is 268 Å². The number of nitrogens with zero attached hydrogens (tertiary/aromatic N) is 1. The van der Waals surface area contributed by atoms with Gasteiger partial charge in [-0.15, -0.1) is 0 Å². The lowest BCUT2D eigenvalue weighted by Gasteiger charge is -2.28. The molecule has 15 nitrogen and oxygen atoms in total. The molecule has 0 saturated carbocycles. The highest BCUT2D eigenvalue weighted by atomic mass is 28.4. The van der Waals surface area contributed by atoms with Crippen molar-refractivity contribution in [2.24, 2.45) is 0 Å². The Balaban J connectivity index is 2.61.